The van der Waals surface area contributed by atoms with E-state index in [0.29, 0.717) is 32.2 Å². The van der Waals surface area contributed by atoms with E-state index in [1.54, 1.807) is 0 Å². The van der Waals surface area contributed by atoms with E-state index < -0.39 is 36.3 Å². The Morgan fingerprint density at radius 1 is 0.641 bits per heavy atom. The van der Waals surface area contributed by atoms with Crippen molar-refractivity contribution in [3.63, 3.8) is 0 Å². The molecule has 0 aromatic carbocycles. The molecule has 226 valence electrons. The van der Waals surface area contributed by atoms with Gasteiger partial charge in [0.15, 0.2) is 18.3 Å². The Kier molecular flexibility index (Phi) is 17.7. The third-order valence-electron chi connectivity index (χ3n) is 6.92. The van der Waals surface area contributed by atoms with Crippen molar-refractivity contribution in [2.24, 2.45) is 0 Å². The van der Waals surface area contributed by atoms with Crippen LogP contribution in [-0.4, -0.2) is 72.3 Å². The van der Waals surface area contributed by atoms with Crippen LogP contribution in [-0.2, 0) is 38.1 Å². The number of ether oxygens (including phenoxy) is 4. The molecule has 9 nitrogen and oxygen atoms in total. The fraction of sp³-hybridized carbons (Fsp3) is 0.867. The van der Waals surface area contributed by atoms with Gasteiger partial charge in [-0.2, -0.15) is 0 Å². The Morgan fingerprint density at radius 3 is 1.67 bits per heavy atom. The lowest BCUT2D eigenvalue weighted by Gasteiger charge is -2.49. The molecule has 0 bridgehead atoms. The average Bonchev–Trinajstić information content (AvgIpc) is 2.88. The molecular formula is C30H53NO8. The van der Waals surface area contributed by atoms with Crippen LogP contribution in [0.1, 0.15) is 125 Å². The molecule has 0 aromatic rings. The molecule has 5 atom stereocenters. The molecule has 1 saturated heterocycles. The molecule has 1 rings (SSSR count). The second-order valence-corrected chi connectivity index (χ2v) is 10.5. The number of piperidine rings is 1. The second-order valence-electron chi connectivity index (χ2n) is 10.5. The maximum Gasteiger partial charge on any atom is 0.306 e. The van der Waals surface area contributed by atoms with Crippen LogP contribution in [0.5, 0.6) is 0 Å². The highest BCUT2D eigenvalue weighted by Crippen LogP contribution is 2.32. The van der Waals surface area contributed by atoms with Crippen molar-refractivity contribution in [1.82, 2.24) is 4.90 Å². The number of hydrogen-bond acceptors (Lipinski definition) is 9. The van der Waals surface area contributed by atoms with Gasteiger partial charge in [-0.25, -0.2) is 0 Å². The largest absolute Gasteiger partial charge is 0.464 e. The maximum atomic E-state index is 12.9. The fourth-order valence-electron chi connectivity index (χ4n) is 5.03. The van der Waals surface area contributed by atoms with E-state index in [4.69, 9.17) is 18.9 Å². The number of carbonyl (C=O) groups excluding carboxylic acids is 4. The highest BCUT2D eigenvalue weighted by molar-refractivity contribution is 5.72. The third-order valence-corrected chi connectivity index (χ3v) is 6.92. The number of likely N-dealkylation sites (tertiary alicyclic amines) is 1. The first-order valence-electron chi connectivity index (χ1n) is 15.3. The van der Waals surface area contributed by atoms with Gasteiger partial charge in [-0.3, -0.25) is 24.1 Å². The molecule has 0 amide bonds. The van der Waals surface area contributed by atoms with E-state index in [2.05, 4.69) is 18.7 Å². The monoisotopic (exact) mass is 555 g/mol. The van der Waals surface area contributed by atoms with Gasteiger partial charge in [0, 0.05) is 38.3 Å². The van der Waals surface area contributed by atoms with E-state index >= 15 is 0 Å². The molecule has 1 heterocycles. The third kappa shape index (κ3) is 12.3. The van der Waals surface area contributed by atoms with Crippen LogP contribution >= 0.6 is 0 Å². The first-order valence-corrected chi connectivity index (χ1v) is 15.3. The summed E-state index contributed by atoms with van der Waals surface area (Å²) in [6.07, 6.45) is 5.34. The smallest absolute Gasteiger partial charge is 0.306 e. The van der Waals surface area contributed by atoms with E-state index in [0.717, 1.165) is 32.1 Å². The number of carbonyl (C=O) groups is 4. The van der Waals surface area contributed by atoms with Gasteiger partial charge in [0.25, 0.3) is 0 Å². The molecule has 1 unspecified atom stereocenters. The zero-order valence-electron chi connectivity index (χ0n) is 25.2. The van der Waals surface area contributed by atoms with E-state index in [-0.39, 0.29) is 50.3 Å². The summed E-state index contributed by atoms with van der Waals surface area (Å²) in [4.78, 5) is 52.9. The first kappa shape index (κ1) is 34.9. The van der Waals surface area contributed by atoms with Gasteiger partial charge in [0.1, 0.15) is 6.61 Å². The molecule has 9 heteroatoms. The maximum absolute atomic E-state index is 12.9. The van der Waals surface area contributed by atoms with Gasteiger partial charge < -0.3 is 18.9 Å². The van der Waals surface area contributed by atoms with Crippen LogP contribution in [0.15, 0.2) is 0 Å². The molecule has 0 aliphatic carbocycles. The number of nitrogens with zero attached hydrogens (tertiary/aromatic N) is 1. The Labute approximate surface area is 235 Å². The molecule has 0 spiro atoms. The quantitative estimate of drug-likeness (QED) is 0.151. The van der Waals surface area contributed by atoms with Crippen molar-refractivity contribution in [3.05, 3.63) is 0 Å². The van der Waals surface area contributed by atoms with Gasteiger partial charge in [0.2, 0.25) is 0 Å². The van der Waals surface area contributed by atoms with Crippen molar-refractivity contribution in [2.75, 3.05) is 13.2 Å². The topological polar surface area (TPSA) is 108 Å². The van der Waals surface area contributed by atoms with Crippen LogP contribution in [0.25, 0.3) is 0 Å². The molecule has 1 aliphatic rings. The predicted molar refractivity (Wildman–Crippen MR) is 149 cm³/mol. The normalized spacial score (nSPS) is 22.1. The average molecular weight is 556 g/mol. The molecule has 0 radical (unpaired) electrons. The van der Waals surface area contributed by atoms with Crippen molar-refractivity contribution in [3.8, 4) is 0 Å². The molecule has 1 aliphatic heterocycles. The summed E-state index contributed by atoms with van der Waals surface area (Å²) in [6.45, 7) is 12.1. The van der Waals surface area contributed by atoms with Crippen LogP contribution in [0.4, 0.5) is 0 Å². The van der Waals surface area contributed by atoms with Crippen molar-refractivity contribution in [2.45, 2.75) is 155 Å². The molecule has 1 fully saturated rings. The first-order chi connectivity index (χ1) is 18.8. The minimum absolute atomic E-state index is 0.00724. The van der Waals surface area contributed by atoms with Crippen LogP contribution in [0.2, 0.25) is 0 Å². The Morgan fingerprint density at radius 2 is 1.15 bits per heavy atom. The molecular weight excluding hydrogens is 502 g/mol. The van der Waals surface area contributed by atoms with Crippen molar-refractivity contribution < 1.29 is 38.1 Å². The summed E-state index contributed by atoms with van der Waals surface area (Å²) in [5, 5.41) is 0. The Balaban J connectivity index is 3.59. The highest BCUT2D eigenvalue weighted by atomic mass is 16.6. The Hall–Kier alpha value is -2.16. The lowest BCUT2D eigenvalue weighted by Crippen LogP contribution is -2.67. The summed E-state index contributed by atoms with van der Waals surface area (Å²) in [5.41, 5.74) is 0. The Bertz CT molecular complexity index is 742. The summed E-state index contributed by atoms with van der Waals surface area (Å²) >= 11 is 0. The summed E-state index contributed by atoms with van der Waals surface area (Å²) in [6, 6.07) is -0.447. The number of unbranched alkanes of at least 4 members (excludes halogenated alkanes) is 1. The number of hydrogen-bond donors (Lipinski definition) is 0. The van der Waals surface area contributed by atoms with Crippen molar-refractivity contribution in [1.29, 1.82) is 0 Å². The van der Waals surface area contributed by atoms with Crippen molar-refractivity contribution >= 4 is 23.9 Å². The van der Waals surface area contributed by atoms with Gasteiger partial charge in [-0.1, -0.05) is 60.8 Å². The predicted octanol–water partition coefficient (Wildman–Crippen LogP) is 5.51. The minimum atomic E-state index is -0.995. The zero-order chi connectivity index (χ0) is 29.2. The standard InChI is InChI=1S/C30H53NO8/c1-7-13-19-22(14-8-2)31-20-24(37-26(33)16-10-4)30(39-28(35)18-12-6)29(38-27(34)17-11-5)23(31)21-36-25(32)15-9-3/h22-24,29-30H,7-21H2,1-6H3/t22?,23-,24+,29-,30-/m1/s1. The molecule has 39 heavy (non-hydrogen) atoms. The summed E-state index contributed by atoms with van der Waals surface area (Å²) < 4.78 is 23.5. The van der Waals surface area contributed by atoms with Gasteiger partial charge in [0.05, 0.1) is 6.04 Å². The number of rotatable bonds is 19. The minimum Gasteiger partial charge on any atom is -0.464 e. The molecule has 0 N–H and O–H groups in total. The molecule has 0 saturated carbocycles. The van der Waals surface area contributed by atoms with Gasteiger partial charge in [-0.15, -0.1) is 0 Å². The summed E-state index contributed by atoms with van der Waals surface area (Å²) in [5.74, 6) is -1.58. The van der Waals surface area contributed by atoms with Crippen LogP contribution in [0, 0.1) is 0 Å². The van der Waals surface area contributed by atoms with E-state index in [1.165, 1.54) is 0 Å². The van der Waals surface area contributed by atoms with Crippen LogP contribution < -0.4 is 0 Å². The lowest BCUT2D eigenvalue weighted by molar-refractivity contribution is -0.214. The number of esters is 4. The lowest BCUT2D eigenvalue weighted by atomic mass is 9.89. The fourth-order valence-corrected chi connectivity index (χ4v) is 5.03. The SMILES string of the molecule is CCCCC(CCC)N1C[C@H](OC(=O)CCC)[C@@H](OC(=O)CCC)[C@H](OC(=O)CCC)[C@H]1COC(=O)CCC. The highest BCUT2D eigenvalue weighted by Gasteiger charge is 2.51. The summed E-state index contributed by atoms with van der Waals surface area (Å²) in [7, 11) is 0. The van der Waals surface area contributed by atoms with Crippen LogP contribution in [0.3, 0.4) is 0 Å². The second kappa shape index (κ2) is 19.8. The van der Waals surface area contributed by atoms with E-state index in [9.17, 15) is 19.2 Å². The van der Waals surface area contributed by atoms with Gasteiger partial charge in [-0.05, 0) is 38.5 Å². The van der Waals surface area contributed by atoms with E-state index in [1.807, 2.05) is 27.7 Å². The molecule has 0 aromatic heterocycles. The zero-order valence-corrected chi connectivity index (χ0v) is 25.2. The van der Waals surface area contributed by atoms with Gasteiger partial charge >= 0.3 is 23.9 Å².